The molecule has 0 aliphatic carbocycles. The van der Waals surface area contributed by atoms with Crippen LogP contribution in [0.2, 0.25) is 0 Å². The maximum Gasteiger partial charge on any atom is 0.291 e. The molecular formula is C21H22N2O5. The van der Waals surface area contributed by atoms with E-state index in [1.165, 1.54) is 10.6 Å². The summed E-state index contributed by atoms with van der Waals surface area (Å²) >= 11 is 0. The van der Waals surface area contributed by atoms with Crippen molar-refractivity contribution < 1.29 is 18.7 Å². The second-order valence-electron chi connectivity index (χ2n) is 5.91. The summed E-state index contributed by atoms with van der Waals surface area (Å²) in [6, 6.07) is 13.4. The molecule has 146 valence electrons. The predicted octanol–water partition coefficient (Wildman–Crippen LogP) is 3.54. The van der Waals surface area contributed by atoms with Crippen molar-refractivity contribution in [3.63, 3.8) is 0 Å². The Kier molecular flexibility index (Phi) is 6.16. The summed E-state index contributed by atoms with van der Waals surface area (Å²) < 4.78 is 18.2. The minimum atomic E-state index is -0.415. The summed E-state index contributed by atoms with van der Waals surface area (Å²) in [4.78, 5) is 24.4. The van der Waals surface area contributed by atoms with Crippen molar-refractivity contribution in [2.24, 2.45) is 0 Å². The first kappa shape index (κ1) is 19.3. The van der Waals surface area contributed by atoms with E-state index in [-0.39, 0.29) is 17.9 Å². The standard InChI is InChI=1S/C21H22N2O5/c1-3-26-15-8-10-18(27-4-2)17(13-15)22-21(25)19-11-9-16(28-19)14-23-12-6-5-7-20(23)24/h5-13H,3-4,14H2,1-2H3,(H,22,25). The van der Waals surface area contributed by atoms with Gasteiger partial charge < -0.3 is 23.8 Å². The number of amides is 1. The molecule has 1 aromatic carbocycles. The number of rotatable bonds is 8. The Morgan fingerprint density at radius 3 is 2.64 bits per heavy atom. The minimum absolute atomic E-state index is 0.140. The molecule has 0 saturated heterocycles. The minimum Gasteiger partial charge on any atom is -0.494 e. The molecule has 0 aliphatic rings. The van der Waals surface area contributed by atoms with E-state index >= 15 is 0 Å². The molecule has 0 bridgehead atoms. The van der Waals surface area contributed by atoms with E-state index in [9.17, 15) is 9.59 Å². The molecule has 2 aromatic heterocycles. The monoisotopic (exact) mass is 382 g/mol. The molecule has 0 aliphatic heterocycles. The number of nitrogens with one attached hydrogen (secondary N) is 1. The summed E-state index contributed by atoms with van der Waals surface area (Å²) in [5.41, 5.74) is 0.356. The number of hydrogen-bond acceptors (Lipinski definition) is 5. The number of hydrogen-bond donors (Lipinski definition) is 1. The van der Waals surface area contributed by atoms with Crippen molar-refractivity contribution >= 4 is 11.6 Å². The Hall–Kier alpha value is -3.48. The lowest BCUT2D eigenvalue weighted by Gasteiger charge is -2.13. The number of pyridine rings is 1. The normalized spacial score (nSPS) is 10.5. The second-order valence-corrected chi connectivity index (χ2v) is 5.91. The highest BCUT2D eigenvalue weighted by molar-refractivity contribution is 6.03. The van der Waals surface area contributed by atoms with Gasteiger partial charge >= 0.3 is 0 Å². The highest BCUT2D eigenvalue weighted by Crippen LogP contribution is 2.30. The van der Waals surface area contributed by atoms with Crippen molar-refractivity contribution in [1.82, 2.24) is 4.57 Å². The summed E-state index contributed by atoms with van der Waals surface area (Å²) in [7, 11) is 0. The van der Waals surface area contributed by atoms with Crippen LogP contribution in [0.4, 0.5) is 5.69 Å². The van der Waals surface area contributed by atoms with Crippen LogP contribution in [-0.2, 0) is 6.54 Å². The second kappa shape index (κ2) is 8.94. The quantitative estimate of drug-likeness (QED) is 0.644. The van der Waals surface area contributed by atoms with Gasteiger partial charge in [0.05, 0.1) is 25.4 Å². The molecule has 0 spiro atoms. The molecule has 3 rings (SSSR count). The van der Waals surface area contributed by atoms with E-state index in [4.69, 9.17) is 13.9 Å². The highest BCUT2D eigenvalue weighted by atomic mass is 16.5. The first-order valence-electron chi connectivity index (χ1n) is 9.06. The van der Waals surface area contributed by atoms with Gasteiger partial charge in [0.1, 0.15) is 17.3 Å². The Morgan fingerprint density at radius 1 is 1.07 bits per heavy atom. The van der Waals surface area contributed by atoms with E-state index in [2.05, 4.69) is 5.32 Å². The van der Waals surface area contributed by atoms with Crippen molar-refractivity contribution in [2.75, 3.05) is 18.5 Å². The Bertz CT molecular complexity index is 1010. The van der Waals surface area contributed by atoms with Crippen LogP contribution in [0.15, 0.2) is 63.9 Å². The van der Waals surface area contributed by atoms with Gasteiger partial charge in [0, 0.05) is 18.3 Å². The van der Waals surface area contributed by atoms with Crippen LogP contribution >= 0.6 is 0 Å². The lowest BCUT2D eigenvalue weighted by atomic mass is 10.2. The van der Waals surface area contributed by atoms with E-state index in [1.807, 2.05) is 13.8 Å². The fourth-order valence-electron chi connectivity index (χ4n) is 2.67. The maximum atomic E-state index is 12.6. The van der Waals surface area contributed by atoms with Crippen LogP contribution in [0, 0.1) is 0 Å². The molecule has 3 aromatic rings. The summed E-state index contributed by atoms with van der Waals surface area (Å²) in [5.74, 6) is 1.41. The number of benzene rings is 1. The van der Waals surface area contributed by atoms with Crippen LogP contribution in [0.25, 0.3) is 0 Å². The maximum absolute atomic E-state index is 12.6. The van der Waals surface area contributed by atoms with Gasteiger partial charge in [0.2, 0.25) is 0 Å². The van der Waals surface area contributed by atoms with Crippen molar-refractivity contribution in [1.29, 1.82) is 0 Å². The lowest BCUT2D eigenvalue weighted by molar-refractivity contribution is 0.0994. The van der Waals surface area contributed by atoms with Crippen LogP contribution in [0.3, 0.4) is 0 Å². The average Bonchev–Trinajstić information content (AvgIpc) is 3.15. The summed E-state index contributed by atoms with van der Waals surface area (Å²) in [6.45, 7) is 4.98. The van der Waals surface area contributed by atoms with Crippen LogP contribution in [0.5, 0.6) is 11.5 Å². The van der Waals surface area contributed by atoms with Crippen LogP contribution in [0.1, 0.15) is 30.2 Å². The van der Waals surface area contributed by atoms with Gasteiger partial charge in [-0.1, -0.05) is 6.07 Å². The molecule has 0 fully saturated rings. The highest BCUT2D eigenvalue weighted by Gasteiger charge is 2.15. The van der Waals surface area contributed by atoms with E-state index < -0.39 is 5.91 Å². The third-order valence-electron chi connectivity index (χ3n) is 3.92. The van der Waals surface area contributed by atoms with Crippen LogP contribution < -0.4 is 20.3 Å². The molecule has 28 heavy (non-hydrogen) atoms. The van der Waals surface area contributed by atoms with Gasteiger partial charge in [-0.05, 0) is 44.2 Å². The molecule has 7 heteroatoms. The molecule has 1 N–H and O–H groups in total. The molecule has 0 saturated carbocycles. The fourth-order valence-corrected chi connectivity index (χ4v) is 2.67. The number of furan rings is 1. The van der Waals surface area contributed by atoms with E-state index in [1.54, 1.807) is 48.7 Å². The average molecular weight is 382 g/mol. The summed E-state index contributed by atoms with van der Waals surface area (Å²) in [5, 5.41) is 2.79. The predicted molar refractivity (Wildman–Crippen MR) is 105 cm³/mol. The van der Waals surface area contributed by atoms with Crippen LogP contribution in [-0.4, -0.2) is 23.7 Å². The van der Waals surface area contributed by atoms with Crippen molar-refractivity contribution in [2.45, 2.75) is 20.4 Å². The molecule has 0 atom stereocenters. The first-order chi connectivity index (χ1) is 13.6. The van der Waals surface area contributed by atoms with Gasteiger partial charge in [-0.15, -0.1) is 0 Å². The number of carbonyl (C=O) groups is 1. The zero-order valence-electron chi connectivity index (χ0n) is 15.8. The third kappa shape index (κ3) is 4.62. The molecule has 2 heterocycles. The molecule has 0 radical (unpaired) electrons. The SMILES string of the molecule is CCOc1ccc(OCC)c(NC(=O)c2ccc(Cn3ccccc3=O)o2)c1. The Balaban J connectivity index is 1.76. The Labute approximate surface area is 162 Å². The number of aromatic nitrogens is 1. The largest absolute Gasteiger partial charge is 0.494 e. The number of anilines is 1. The summed E-state index contributed by atoms with van der Waals surface area (Å²) in [6.07, 6.45) is 1.66. The first-order valence-corrected chi connectivity index (χ1v) is 9.06. The smallest absolute Gasteiger partial charge is 0.291 e. The van der Waals surface area contributed by atoms with Gasteiger partial charge in [-0.25, -0.2) is 0 Å². The molecule has 0 unspecified atom stereocenters. The number of carbonyl (C=O) groups excluding carboxylic acids is 1. The molecule has 1 amide bonds. The zero-order valence-corrected chi connectivity index (χ0v) is 15.8. The van der Waals surface area contributed by atoms with Gasteiger partial charge in [0.15, 0.2) is 5.76 Å². The van der Waals surface area contributed by atoms with Gasteiger partial charge in [0.25, 0.3) is 11.5 Å². The molecular weight excluding hydrogens is 360 g/mol. The van der Waals surface area contributed by atoms with E-state index in [0.29, 0.717) is 36.2 Å². The van der Waals surface area contributed by atoms with Gasteiger partial charge in [-0.3, -0.25) is 9.59 Å². The molecule has 7 nitrogen and oxygen atoms in total. The Morgan fingerprint density at radius 2 is 1.89 bits per heavy atom. The van der Waals surface area contributed by atoms with Gasteiger partial charge in [-0.2, -0.15) is 0 Å². The topological polar surface area (TPSA) is 82.7 Å². The number of ether oxygens (including phenoxy) is 2. The van der Waals surface area contributed by atoms with Crippen molar-refractivity contribution in [3.05, 3.63) is 76.6 Å². The third-order valence-corrected chi connectivity index (χ3v) is 3.92. The van der Waals surface area contributed by atoms with Crippen molar-refractivity contribution in [3.8, 4) is 11.5 Å². The lowest BCUT2D eigenvalue weighted by Crippen LogP contribution is -2.18. The zero-order chi connectivity index (χ0) is 19.9. The van der Waals surface area contributed by atoms with E-state index in [0.717, 1.165) is 0 Å². The fraction of sp³-hybridized carbons (Fsp3) is 0.238. The number of nitrogens with zero attached hydrogens (tertiary/aromatic N) is 1.